The highest BCUT2D eigenvalue weighted by Crippen LogP contribution is 2.57. The summed E-state index contributed by atoms with van der Waals surface area (Å²) in [5, 5.41) is 14.2. The van der Waals surface area contributed by atoms with E-state index >= 15 is 4.57 Å². The van der Waals surface area contributed by atoms with Gasteiger partial charge in [0.15, 0.2) is 16.6 Å². The number of amides is 1. The van der Waals surface area contributed by atoms with Crippen molar-refractivity contribution < 1.29 is 61.3 Å². The Labute approximate surface area is 441 Å². The fourth-order valence-electron chi connectivity index (χ4n) is 8.58. The first kappa shape index (κ1) is 57.9. The van der Waals surface area contributed by atoms with Crippen LogP contribution in [0.5, 0.6) is 23.0 Å². The van der Waals surface area contributed by atoms with Crippen LogP contribution in [0.15, 0.2) is 108 Å². The Balaban J connectivity index is 1.36. The molecule has 1 N–H and O–H groups in total. The number of carbonyl (C=O) groups is 2. The smallest absolute Gasteiger partial charge is 0.413 e. The Morgan fingerprint density at radius 3 is 1.96 bits per heavy atom. The van der Waals surface area contributed by atoms with Crippen LogP contribution in [-0.2, 0) is 44.8 Å². The lowest BCUT2D eigenvalue weighted by molar-refractivity contribution is -0.385. The quantitative estimate of drug-likeness (QED) is 0.0199. The van der Waals surface area contributed by atoms with E-state index in [-0.39, 0.29) is 71.2 Å². The average molecular weight is 1080 g/mol. The zero-order valence-corrected chi connectivity index (χ0v) is 45.7. The first-order chi connectivity index (χ1) is 35.7. The molecule has 404 valence electrons. The molecule has 0 aliphatic carbocycles. The van der Waals surface area contributed by atoms with E-state index in [1.165, 1.54) is 37.1 Å². The fraction of sp³-hybridized carbons (Fsp3) is 0.434. The van der Waals surface area contributed by atoms with E-state index in [1.807, 2.05) is 127 Å². The van der Waals surface area contributed by atoms with Gasteiger partial charge in [0, 0.05) is 35.9 Å². The number of nitrogens with zero attached hydrogens (tertiary/aromatic N) is 4. The highest BCUT2D eigenvalue weighted by molar-refractivity contribution is 8.13. The van der Waals surface area contributed by atoms with Gasteiger partial charge in [0.05, 0.1) is 58.2 Å². The van der Waals surface area contributed by atoms with Crippen LogP contribution in [0.4, 0.5) is 16.3 Å². The first-order valence-corrected chi connectivity index (χ1v) is 26.6. The summed E-state index contributed by atoms with van der Waals surface area (Å²) >= 11 is 1.08. The molecule has 4 atom stereocenters. The van der Waals surface area contributed by atoms with Gasteiger partial charge in [0.1, 0.15) is 48.0 Å². The second-order valence-electron chi connectivity index (χ2n) is 18.9. The molecule has 1 aromatic heterocycles. The van der Waals surface area contributed by atoms with Crippen molar-refractivity contribution in [3.8, 4) is 23.0 Å². The van der Waals surface area contributed by atoms with Crippen LogP contribution in [-0.4, -0.2) is 102 Å². The molecule has 1 amide bonds. The molecule has 2 heterocycles. The summed E-state index contributed by atoms with van der Waals surface area (Å²) in [4.78, 5) is 55.1. The molecule has 6 rings (SSSR count). The topological polar surface area (TPSA) is 228 Å². The Kier molecular flexibility index (Phi) is 19.7. The third-order valence-corrected chi connectivity index (χ3v) is 15.9. The number of nitro groups is 1. The number of ether oxygens (including phenoxy) is 7. The molecule has 1 fully saturated rings. The van der Waals surface area contributed by atoms with Gasteiger partial charge in [0.2, 0.25) is 0 Å². The molecule has 0 spiro atoms. The van der Waals surface area contributed by atoms with Crippen molar-refractivity contribution in [3.63, 3.8) is 0 Å². The van der Waals surface area contributed by atoms with Crippen molar-refractivity contribution in [3.05, 3.63) is 146 Å². The molecule has 1 aliphatic rings. The van der Waals surface area contributed by atoms with Crippen molar-refractivity contribution >= 4 is 42.2 Å². The molecule has 1 saturated heterocycles. The SMILES string of the molecule is COc1ccc(C(OC[C@H]2O[C@@H](n3ccc(NC(=O)OCc4cc(OC)c(OC)cc4[N+](=O)[O-])nc3=O)C[C@@H]2OP(=O)(OCCSC(=O)C(C)(C)C)N(C(C)C)C(C)C)(c2ccccc2)c2ccc(OC)cc2)cc1. The molecule has 1 aliphatic heterocycles. The minimum Gasteiger partial charge on any atom is -0.497 e. The molecular weight excluding hydrogens is 1010 g/mol. The summed E-state index contributed by atoms with van der Waals surface area (Å²) < 4.78 is 72.3. The maximum Gasteiger partial charge on any atom is 0.413 e. The minimum absolute atomic E-state index is 0.0215. The van der Waals surface area contributed by atoms with E-state index in [2.05, 4.69) is 10.3 Å². The Bertz CT molecular complexity index is 2790. The Morgan fingerprint density at radius 1 is 0.867 bits per heavy atom. The lowest BCUT2D eigenvalue weighted by Crippen LogP contribution is -2.40. The van der Waals surface area contributed by atoms with E-state index < -0.39 is 60.5 Å². The number of nitro benzene ring substituents is 1. The van der Waals surface area contributed by atoms with Crippen molar-refractivity contribution in [2.45, 2.75) is 97.6 Å². The molecular formula is C53H66N5O15PS. The number of thioether (sulfide) groups is 1. The number of benzene rings is 4. The van der Waals surface area contributed by atoms with E-state index in [1.54, 1.807) is 18.9 Å². The summed E-state index contributed by atoms with van der Waals surface area (Å²) in [6, 6.07) is 27.8. The molecule has 1 unspecified atom stereocenters. The first-order valence-electron chi connectivity index (χ1n) is 24.1. The van der Waals surface area contributed by atoms with Gasteiger partial charge in [-0.25, -0.2) is 18.8 Å². The molecule has 75 heavy (non-hydrogen) atoms. The monoisotopic (exact) mass is 1080 g/mol. The number of methoxy groups -OCH3 is 4. The highest BCUT2D eigenvalue weighted by atomic mass is 32.2. The van der Waals surface area contributed by atoms with Gasteiger partial charge in [-0.15, -0.1) is 0 Å². The summed E-state index contributed by atoms with van der Waals surface area (Å²) in [7, 11) is 1.60. The van der Waals surface area contributed by atoms with Crippen LogP contribution in [0.1, 0.15) is 83.4 Å². The van der Waals surface area contributed by atoms with Crippen LogP contribution >= 0.6 is 19.5 Å². The largest absolute Gasteiger partial charge is 0.497 e. The number of anilines is 1. The molecule has 0 bridgehead atoms. The molecule has 4 aromatic carbocycles. The number of rotatable bonds is 24. The van der Waals surface area contributed by atoms with E-state index in [4.69, 9.17) is 42.2 Å². The van der Waals surface area contributed by atoms with Gasteiger partial charge in [-0.1, -0.05) is 87.1 Å². The summed E-state index contributed by atoms with van der Waals surface area (Å²) in [5.41, 5.74) is -0.871. The normalized spacial score (nSPS) is 16.6. The van der Waals surface area contributed by atoms with Crippen LogP contribution in [0.3, 0.4) is 0 Å². The summed E-state index contributed by atoms with van der Waals surface area (Å²) in [6.07, 6.45) is -2.89. The van der Waals surface area contributed by atoms with Gasteiger partial charge in [-0.3, -0.25) is 33.8 Å². The van der Waals surface area contributed by atoms with Gasteiger partial charge in [-0.2, -0.15) is 4.98 Å². The summed E-state index contributed by atoms with van der Waals surface area (Å²) in [6.45, 7) is 12.2. The maximum atomic E-state index is 15.5. The molecule has 0 saturated carbocycles. The van der Waals surface area contributed by atoms with Gasteiger partial charge in [0.25, 0.3) is 5.69 Å². The number of nitrogens with one attached hydrogen (secondary N) is 1. The lowest BCUT2D eigenvalue weighted by atomic mass is 9.80. The zero-order chi connectivity index (χ0) is 54.7. The standard InChI is InChI=1S/C53H66N5O15PS/c1-34(2)57(35(3)4)74(64,71-27-28-75-49(59)52(5,6)7)73-45-31-48(56-26-25-47(54-50(56)60)55-51(61)69-32-36-29-43(67-10)44(68-11)30-42(36)58(62)63)72-46(45)33-70-53(37-15-13-12-14-16-37,38-17-21-40(65-8)22-18-38)39-19-23-41(66-9)24-20-39/h12-26,29-30,34-35,45-46,48H,27-28,31-33H2,1-11H3,(H,54,55,60,61)/t45-,46+,48+,74?/m0/s1. The predicted molar refractivity (Wildman–Crippen MR) is 283 cm³/mol. The third kappa shape index (κ3) is 13.9. The Morgan fingerprint density at radius 2 is 1.44 bits per heavy atom. The molecule has 20 nitrogen and oxygen atoms in total. The fourth-order valence-corrected chi connectivity index (χ4v) is 11.8. The van der Waals surface area contributed by atoms with E-state index in [0.717, 1.165) is 34.5 Å². The number of carbonyl (C=O) groups excluding carboxylic acids is 2. The number of aromatic nitrogens is 2. The van der Waals surface area contributed by atoms with Crippen molar-refractivity contribution in [1.29, 1.82) is 0 Å². The van der Waals surface area contributed by atoms with Gasteiger partial charge < -0.3 is 33.2 Å². The number of hydrogen-bond acceptors (Lipinski definition) is 17. The van der Waals surface area contributed by atoms with Crippen LogP contribution in [0, 0.1) is 15.5 Å². The summed E-state index contributed by atoms with van der Waals surface area (Å²) in [5.74, 6) is 1.57. The van der Waals surface area contributed by atoms with Gasteiger partial charge >= 0.3 is 19.5 Å². The van der Waals surface area contributed by atoms with Gasteiger partial charge in [-0.05, 0) is 80.8 Å². The van der Waals surface area contributed by atoms with Crippen molar-refractivity contribution in [1.82, 2.24) is 14.2 Å². The minimum atomic E-state index is -4.26. The van der Waals surface area contributed by atoms with Crippen molar-refractivity contribution in [2.75, 3.05) is 52.7 Å². The van der Waals surface area contributed by atoms with Crippen LogP contribution < -0.4 is 30.0 Å². The predicted octanol–water partition coefficient (Wildman–Crippen LogP) is 10.2. The van der Waals surface area contributed by atoms with Crippen LogP contribution in [0.2, 0.25) is 0 Å². The van der Waals surface area contributed by atoms with E-state index in [9.17, 15) is 24.5 Å². The number of hydrogen-bond donors (Lipinski definition) is 1. The second kappa shape index (κ2) is 25.5. The zero-order valence-electron chi connectivity index (χ0n) is 44.0. The lowest BCUT2D eigenvalue weighted by Gasteiger charge is -2.39. The second-order valence-corrected chi connectivity index (χ2v) is 21.8. The highest BCUT2D eigenvalue weighted by Gasteiger charge is 2.48. The maximum absolute atomic E-state index is 15.5. The third-order valence-electron chi connectivity index (χ3n) is 12.1. The average Bonchev–Trinajstić information content (AvgIpc) is 3.77. The van der Waals surface area contributed by atoms with E-state index in [0.29, 0.717) is 11.5 Å². The van der Waals surface area contributed by atoms with Crippen LogP contribution in [0.25, 0.3) is 0 Å². The molecule has 5 aromatic rings. The molecule has 22 heteroatoms. The van der Waals surface area contributed by atoms with Crippen molar-refractivity contribution in [2.24, 2.45) is 5.41 Å². The Hall–Kier alpha value is -6.32. The molecule has 0 radical (unpaired) electrons.